The first-order valence-corrected chi connectivity index (χ1v) is 8.27. The highest BCUT2D eigenvalue weighted by Crippen LogP contribution is 2.28. The van der Waals surface area contributed by atoms with Gasteiger partial charge in [0.15, 0.2) is 0 Å². The summed E-state index contributed by atoms with van der Waals surface area (Å²) in [5.74, 6) is 0.0915. The van der Waals surface area contributed by atoms with Gasteiger partial charge in [-0.1, -0.05) is 0 Å². The lowest BCUT2D eigenvalue weighted by atomic mass is 10.1. The van der Waals surface area contributed by atoms with Crippen LogP contribution in [0.25, 0.3) is 22.2 Å². The lowest BCUT2D eigenvalue weighted by molar-refractivity contribution is -0.274. The minimum atomic E-state index is -4.72. The van der Waals surface area contributed by atoms with Crippen LogP contribution in [0.5, 0.6) is 5.75 Å². The third-order valence-electron chi connectivity index (χ3n) is 4.03. The third-order valence-corrected chi connectivity index (χ3v) is 4.03. The molecule has 2 heterocycles. The molecule has 2 aromatic heterocycles. The molecule has 2 aromatic carbocycles. The van der Waals surface area contributed by atoms with Gasteiger partial charge in [-0.3, -0.25) is 5.10 Å². The molecular formula is C19H14F3N5O. The maximum absolute atomic E-state index is 12.3. The van der Waals surface area contributed by atoms with Crippen LogP contribution in [0.3, 0.4) is 0 Å². The Labute approximate surface area is 157 Å². The smallest absolute Gasteiger partial charge is 0.406 e. The fraction of sp³-hybridized carbons (Fsp3) is 0.105. The Morgan fingerprint density at radius 2 is 1.82 bits per heavy atom. The Bertz CT molecular complexity index is 1120. The Morgan fingerprint density at radius 1 is 1.04 bits per heavy atom. The van der Waals surface area contributed by atoms with Crippen LogP contribution in [0.15, 0.2) is 54.9 Å². The number of H-pyrrole nitrogens is 1. The number of hydrogen-bond acceptors (Lipinski definition) is 5. The molecule has 28 heavy (non-hydrogen) atoms. The summed E-state index contributed by atoms with van der Waals surface area (Å²) in [5.41, 5.74) is 3.76. The van der Waals surface area contributed by atoms with Gasteiger partial charge in [0.05, 0.1) is 17.4 Å². The molecule has 2 N–H and O–H groups in total. The molecule has 142 valence electrons. The number of ether oxygens (including phenoxy) is 1. The van der Waals surface area contributed by atoms with E-state index in [0.717, 1.165) is 22.2 Å². The van der Waals surface area contributed by atoms with Gasteiger partial charge in [0.1, 0.15) is 5.75 Å². The molecule has 0 aliphatic carbocycles. The topological polar surface area (TPSA) is 75.7 Å². The van der Waals surface area contributed by atoms with Gasteiger partial charge in [-0.2, -0.15) is 5.10 Å². The molecule has 0 saturated carbocycles. The summed E-state index contributed by atoms with van der Waals surface area (Å²) in [6, 6.07) is 11.2. The lowest BCUT2D eigenvalue weighted by Crippen LogP contribution is -2.16. The van der Waals surface area contributed by atoms with E-state index in [0.29, 0.717) is 17.2 Å². The number of benzene rings is 2. The number of fused-ring (bicyclic) bond motifs is 1. The van der Waals surface area contributed by atoms with Crippen molar-refractivity contribution in [2.45, 2.75) is 13.3 Å². The fourth-order valence-corrected chi connectivity index (χ4v) is 2.76. The highest BCUT2D eigenvalue weighted by molar-refractivity contribution is 5.82. The minimum Gasteiger partial charge on any atom is -0.406 e. The number of rotatable bonds is 4. The second-order valence-corrected chi connectivity index (χ2v) is 6.09. The highest BCUT2D eigenvalue weighted by atomic mass is 19.4. The fourth-order valence-electron chi connectivity index (χ4n) is 2.76. The maximum Gasteiger partial charge on any atom is 0.573 e. The van der Waals surface area contributed by atoms with E-state index in [4.69, 9.17) is 0 Å². The number of nitrogens with one attached hydrogen (secondary N) is 2. The van der Waals surface area contributed by atoms with Crippen molar-refractivity contribution >= 4 is 22.5 Å². The number of hydrogen-bond donors (Lipinski definition) is 2. The number of halogens is 3. The molecular weight excluding hydrogens is 371 g/mol. The van der Waals surface area contributed by atoms with Crippen molar-refractivity contribution in [2.75, 3.05) is 5.32 Å². The van der Waals surface area contributed by atoms with Crippen molar-refractivity contribution in [1.29, 1.82) is 0 Å². The summed E-state index contributed by atoms with van der Waals surface area (Å²) in [4.78, 5) is 8.78. The predicted octanol–water partition coefficient (Wildman–Crippen LogP) is 4.97. The third kappa shape index (κ3) is 3.88. The van der Waals surface area contributed by atoms with Crippen LogP contribution < -0.4 is 10.1 Å². The molecule has 0 saturated heterocycles. The van der Waals surface area contributed by atoms with E-state index in [1.165, 1.54) is 24.3 Å². The van der Waals surface area contributed by atoms with Crippen LogP contribution in [-0.4, -0.2) is 26.5 Å². The Morgan fingerprint density at radius 3 is 2.57 bits per heavy atom. The molecule has 0 spiro atoms. The predicted molar refractivity (Wildman–Crippen MR) is 98.3 cm³/mol. The molecule has 0 aliphatic heterocycles. The van der Waals surface area contributed by atoms with Crippen LogP contribution >= 0.6 is 0 Å². The number of anilines is 2. The number of alkyl halides is 3. The first kappa shape index (κ1) is 17.8. The maximum atomic E-state index is 12.3. The van der Waals surface area contributed by atoms with Gasteiger partial charge in [-0.15, -0.1) is 13.2 Å². The minimum absolute atomic E-state index is 0.283. The van der Waals surface area contributed by atoms with Gasteiger partial charge in [0.2, 0.25) is 5.95 Å². The van der Waals surface area contributed by atoms with Crippen molar-refractivity contribution < 1.29 is 17.9 Å². The summed E-state index contributed by atoms with van der Waals surface area (Å²) < 4.78 is 40.8. The van der Waals surface area contributed by atoms with Crippen molar-refractivity contribution in [3.63, 3.8) is 0 Å². The number of aromatic amines is 1. The molecule has 9 heteroatoms. The molecule has 0 amide bonds. The van der Waals surface area contributed by atoms with E-state index < -0.39 is 6.36 Å². The monoisotopic (exact) mass is 385 g/mol. The molecule has 4 aromatic rings. The van der Waals surface area contributed by atoms with Crippen molar-refractivity contribution in [3.8, 4) is 17.0 Å². The zero-order valence-corrected chi connectivity index (χ0v) is 14.6. The molecule has 4 rings (SSSR count). The largest absolute Gasteiger partial charge is 0.573 e. The molecule has 0 atom stereocenters. The van der Waals surface area contributed by atoms with Crippen molar-refractivity contribution in [3.05, 3.63) is 60.4 Å². The summed E-state index contributed by atoms with van der Waals surface area (Å²) >= 11 is 0. The van der Waals surface area contributed by atoms with Crippen LogP contribution in [0.1, 0.15) is 5.56 Å². The van der Waals surface area contributed by atoms with Crippen molar-refractivity contribution in [2.24, 2.45) is 0 Å². The molecule has 0 fully saturated rings. The summed E-state index contributed by atoms with van der Waals surface area (Å²) in [7, 11) is 0. The van der Waals surface area contributed by atoms with Gasteiger partial charge in [0.25, 0.3) is 0 Å². The first-order chi connectivity index (χ1) is 13.4. The van der Waals surface area contributed by atoms with E-state index >= 15 is 0 Å². The standard InChI is InChI=1S/C19H14F3N5O/c1-11-9-23-18(25-14-4-7-16-13(8-14)10-24-27-16)26-17(11)12-2-5-15(6-3-12)28-19(20,21)22/h2-10H,1H3,(H,24,27)(H,23,25,26). The van der Waals surface area contributed by atoms with Crippen LogP contribution in [-0.2, 0) is 0 Å². The van der Waals surface area contributed by atoms with E-state index in [-0.39, 0.29) is 5.75 Å². The van der Waals surface area contributed by atoms with Gasteiger partial charge in [0, 0.05) is 22.8 Å². The first-order valence-electron chi connectivity index (χ1n) is 8.27. The van der Waals surface area contributed by atoms with E-state index in [1.807, 2.05) is 25.1 Å². The zero-order chi connectivity index (χ0) is 19.7. The number of nitrogens with zero attached hydrogens (tertiary/aromatic N) is 3. The van der Waals surface area contributed by atoms with Crippen LogP contribution in [0, 0.1) is 6.92 Å². The van der Waals surface area contributed by atoms with Gasteiger partial charge < -0.3 is 10.1 Å². The quantitative estimate of drug-likeness (QED) is 0.519. The summed E-state index contributed by atoms with van der Waals surface area (Å²) in [6.07, 6.45) is -1.35. The van der Waals surface area contributed by atoms with Crippen LogP contribution in [0.2, 0.25) is 0 Å². The van der Waals surface area contributed by atoms with Gasteiger partial charge >= 0.3 is 6.36 Å². The number of aryl methyl sites for hydroxylation is 1. The lowest BCUT2D eigenvalue weighted by Gasteiger charge is -2.11. The molecule has 0 aliphatic rings. The normalized spacial score (nSPS) is 11.6. The zero-order valence-electron chi connectivity index (χ0n) is 14.6. The number of aromatic nitrogens is 4. The highest BCUT2D eigenvalue weighted by Gasteiger charge is 2.31. The molecule has 6 nitrogen and oxygen atoms in total. The Hall–Kier alpha value is -3.62. The molecule has 0 bridgehead atoms. The van der Waals surface area contributed by atoms with Gasteiger partial charge in [-0.25, -0.2) is 9.97 Å². The second-order valence-electron chi connectivity index (χ2n) is 6.09. The van der Waals surface area contributed by atoms with E-state index in [9.17, 15) is 13.2 Å². The second kappa shape index (κ2) is 6.84. The Balaban J connectivity index is 1.59. The summed E-state index contributed by atoms with van der Waals surface area (Å²) in [5, 5.41) is 10.9. The van der Waals surface area contributed by atoms with Crippen LogP contribution in [0.4, 0.5) is 24.8 Å². The molecule has 0 radical (unpaired) electrons. The average molecular weight is 385 g/mol. The summed E-state index contributed by atoms with van der Waals surface area (Å²) in [6.45, 7) is 1.83. The van der Waals surface area contributed by atoms with E-state index in [2.05, 4.69) is 30.2 Å². The van der Waals surface area contributed by atoms with Gasteiger partial charge in [-0.05, 0) is 55.0 Å². The Kier molecular flexibility index (Phi) is 4.34. The molecule has 0 unspecified atom stereocenters. The SMILES string of the molecule is Cc1cnc(Nc2ccc3[nH]ncc3c2)nc1-c1ccc(OC(F)(F)F)cc1. The van der Waals surface area contributed by atoms with Crippen molar-refractivity contribution in [1.82, 2.24) is 20.2 Å². The van der Waals surface area contributed by atoms with E-state index in [1.54, 1.807) is 12.4 Å². The average Bonchev–Trinajstić information content (AvgIpc) is 3.11.